The zero-order chi connectivity index (χ0) is 16.2. The number of benzene rings is 1. The molecule has 2 heterocycles. The molecular weight excluding hydrogens is 294 g/mol. The molecule has 0 saturated heterocycles. The molecule has 3 rings (SSSR count). The molecule has 23 heavy (non-hydrogen) atoms. The molecule has 2 aromatic rings. The molecule has 0 aliphatic carbocycles. The van der Waals surface area contributed by atoms with Gasteiger partial charge in [0.1, 0.15) is 5.75 Å². The molecule has 0 bridgehead atoms. The van der Waals surface area contributed by atoms with Crippen molar-refractivity contribution in [2.24, 2.45) is 0 Å². The first-order valence-corrected chi connectivity index (χ1v) is 7.42. The van der Waals surface area contributed by atoms with Crippen LogP contribution >= 0.6 is 0 Å². The number of fused-ring (bicyclic) bond motifs is 1. The average molecular weight is 311 g/mol. The molecule has 1 aliphatic heterocycles. The third kappa shape index (κ3) is 3.66. The van der Waals surface area contributed by atoms with Crippen molar-refractivity contribution >= 4 is 23.2 Å². The summed E-state index contributed by atoms with van der Waals surface area (Å²) in [4.78, 5) is 27.7. The predicted molar refractivity (Wildman–Crippen MR) is 86.3 cm³/mol. The van der Waals surface area contributed by atoms with E-state index >= 15 is 0 Å². The van der Waals surface area contributed by atoms with Crippen LogP contribution in [0.5, 0.6) is 5.75 Å². The number of aromatic nitrogens is 1. The van der Waals surface area contributed by atoms with Gasteiger partial charge in [-0.1, -0.05) is 6.07 Å². The molecule has 2 amide bonds. The van der Waals surface area contributed by atoms with Gasteiger partial charge in [0.2, 0.25) is 5.91 Å². The molecular formula is C17H17N3O3. The highest BCUT2D eigenvalue weighted by Crippen LogP contribution is 2.32. The predicted octanol–water partition coefficient (Wildman–Crippen LogP) is 2.37. The average Bonchev–Trinajstić information content (AvgIpc) is 2.55. The number of rotatable bonds is 4. The van der Waals surface area contributed by atoms with E-state index in [0.29, 0.717) is 30.0 Å². The fourth-order valence-electron chi connectivity index (χ4n) is 2.31. The van der Waals surface area contributed by atoms with Gasteiger partial charge in [0.25, 0.3) is 5.91 Å². The zero-order valence-corrected chi connectivity index (χ0v) is 12.7. The van der Waals surface area contributed by atoms with Crippen LogP contribution in [0.15, 0.2) is 42.7 Å². The van der Waals surface area contributed by atoms with Crippen molar-refractivity contribution in [2.45, 2.75) is 25.9 Å². The third-order valence-corrected chi connectivity index (χ3v) is 3.56. The van der Waals surface area contributed by atoms with Crippen molar-refractivity contribution in [1.29, 1.82) is 0 Å². The summed E-state index contributed by atoms with van der Waals surface area (Å²) in [6.07, 6.45) is 3.93. The van der Waals surface area contributed by atoms with E-state index in [0.717, 1.165) is 5.56 Å². The number of amides is 2. The Morgan fingerprint density at radius 2 is 2.26 bits per heavy atom. The lowest BCUT2D eigenvalue weighted by Gasteiger charge is -2.23. The largest absolute Gasteiger partial charge is 0.479 e. The quantitative estimate of drug-likeness (QED) is 0.908. The molecule has 0 saturated carbocycles. The molecule has 6 heteroatoms. The number of ether oxygens (including phenoxy) is 1. The van der Waals surface area contributed by atoms with Crippen LogP contribution in [-0.2, 0) is 16.0 Å². The van der Waals surface area contributed by atoms with E-state index in [9.17, 15) is 9.59 Å². The molecule has 6 nitrogen and oxygen atoms in total. The first kappa shape index (κ1) is 15.0. The number of hydrogen-bond acceptors (Lipinski definition) is 4. The number of nitrogens with zero attached hydrogens (tertiary/aromatic N) is 1. The van der Waals surface area contributed by atoms with Crippen LogP contribution in [-0.4, -0.2) is 22.9 Å². The third-order valence-electron chi connectivity index (χ3n) is 3.56. The van der Waals surface area contributed by atoms with Gasteiger partial charge in [-0.05, 0) is 43.2 Å². The highest BCUT2D eigenvalue weighted by molar-refractivity contribution is 5.99. The van der Waals surface area contributed by atoms with Crippen molar-refractivity contribution in [1.82, 2.24) is 4.98 Å². The lowest BCUT2D eigenvalue weighted by molar-refractivity contribution is -0.122. The van der Waals surface area contributed by atoms with Gasteiger partial charge in [0, 0.05) is 24.5 Å². The van der Waals surface area contributed by atoms with Gasteiger partial charge in [-0.2, -0.15) is 0 Å². The number of anilines is 2. The van der Waals surface area contributed by atoms with Gasteiger partial charge < -0.3 is 15.4 Å². The lowest BCUT2D eigenvalue weighted by Crippen LogP contribution is -2.34. The Morgan fingerprint density at radius 3 is 3.04 bits per heavy atom. The highest BCUT2D eigenvalue weighted by Gasteiger charge is 2.23. The molecule has 118 valence electrons. The Kier molecular flexibility index (Phi) is 4.23. The van der Waals surface area contributed by atoms with Crippen LogP contribution < -0.4 is 15.4 Å². The van der Waals surface area contributed by atoms with Crippen LogP contribution in [0.3, 0.4) is 0 Å². The summed E-state index contributed by atoms with van der Waals surface area (Å²) in [5, 5.41) is 5.58. The number of nitrogens with one attached hydrogen (secondary N) is 2. The molecule has 1 aromatic carbocycles. The molecule has 1 unspecified atom stereocenters. The number of carbonyl (C=O) groups is 2. The second-order valence-electron chi connectivity index (χ2n) is 5.37. The van der Waals surface area contributed by atoms with Gasteiger partial charge in [-0.15, -0.1) is 0 Å². The Bertz CT molecular complexity index is 731. The topological polar surface area (TPSA) is 80.3 Å². The highest BCUT2D eigenvalue weighted by atomic mass is 16.5. The van der Waals surface area contributed by atoms with Crippen LogP contribution in [0.1, 0.15) is 18.9 Å². The maximum Gasteiger partial charge on any atom is 0.265 e. The van der Waals surface area contributed by atoms with Crippen LogP contribution in [0, 0.1) is 0 Å². The maximum atomic E-state index is 12.0. The second-order valence-corrected chi connectivity index (χ2v) is 5.37. The number of hydrogen-bond donors (Lipinski definition) is 2. The van der Waals surface area contributed by atoms with Gasteiger partial charge in [-0.3, -0.25) is 14.6 Å². The molecule has 0 radical (unpaired) electrons. The summed E-state index contributed by atoms with van der Waals surface area (Å²) in [6, 6.07) is 8.97. The first-order chi connectivity index (χ1) is 11.1. The molecule has 0 spiro atoms. The SMILES string of the molecule is CC1Oc2ccc(NC(=O)CCc3cccnc3)cc2NC1=O. The summed E-state index contributed by atoms with van der Waals surface area (Å²) in [6.45, 7) is 1.69. The van der Waals surface area contributed by atoms with Crippen molar-refractivity contribution in [3.63, 3.8) is 0 Å². The van der Waals surface area contributed by atoms with E-state index in [1.165, 1.54) is 0 Å². The maximum absolute atomic E-state index is 12.0. The van der Waals surface area contributed by atoms with E-state index in [1.54, 1.807) is 37.5 Å². The van der Waals surface area contributed by atoms with E-state index in [-0.39, 0.29) is 11.8 Å². The zero-order valence-electron chi connectivity index (χ0n) is 12.7. The molecule has 1 atom stereocenters. The molecule has 1 aliphatic rings. The van der Waals surface area contributed by atoms with Gasteiger partial charge in [0.05, 0.1) is 5.69 Å². The number of aryl methyl sites for hydroxylation is 1. The van der Waals surface area contributed by atoms with Crippen LogP contribution in [0.4, 0.5) is 11.4 Å². The number of pyridine rings is 1. The molecule has 0 fully saturated rings. The minimum atomic E-state index is -0.512. The lowest BCUT2D eigenvalue weighted by atomic mass is 10.1. The van der Waals surface area contributed by atoms with Gasteiger partial charge >= 0.3 is 0 Å². The monoisotopic (exact) mass is 311 g/mol. The minimum absolute atomic E-state index is 0.0924. The van der Waals surface area contributed by atoms with Crippen molar-refractivity contribution in [3.8, 4) is 5.75 Å². The van der Waals surface area contributed by atoms with Crippen molar-refractivity contribution < 1.29 is 14.3 Å². The van der Waals surface area contributed by atoms with E-state index in [4.69, 9.17) is 4.74 Å². The van der Waals surface area contributed by atoms with E-state index < -0.39 is 6.10 Å². The van der Waals surface area contributed by atoms with Gasteiger partial charge in [-0.25, -0.2) is 0 Å². The number of carbonyl (C=O) groups excluding carboxylic acids is 2. The molecule has 1 aromatic heterocycles. The summed E-state index contributed by atoms with van der Waals surface area (Å²) in [5.41, 5.74) is 2.21. The van der Waals surface area contributed by atoms with Crippen molar-refractivity contribution in [2.75, 3.05) is 10.6 Å². The van der Waals surface area contributed by atoms with E-state index in [1.807, 2.05) is 12.1 Å². The van der Waals surface area contributed by atoms with Crippen molar-refractivity contribution in [3.05, 3.63) is 48.3 Å². The Morgan fingerprint density at radius 1 is 1.39 bits per heavy atom. The summed E-state index contributed by atoms with van der Waals surface area (Å²) in [7, 11) is 0. The smallest absolute Gasteiger partial charge is 0.265 e. The Balaban J connectivity index is 1.61. The summed E-state index contributed by atoms with van der Waals surface area (Å²) in [5.74, 6) is 0.313. The first-order valence-electron chi connectivity index (χ1n) is 7.42. The Labute approximate surface area is 133 Å². The standard InChI is InChI=1S/C17H17N3O3/c1-11-17(22)20-14-9-13(5-6-15(14)23-11)19-16(21)7-4-12-3-2-8-18-10-12/h2-3,5-6,8-11H,4,7H2,1H3,(H,19,21)(H,20,22). The van der Waals surface area contributed by atoms with Crippen LogP contribution in [0.25, 0.3) is 0 Å². The normalized spacial score (nSPS) is 16.0. The van der Waals surface area contributed by atoms with Crippen LogP contribution in [0.2, 0.25) is 0 Å². The Hall–Kier alpha value is -2.89. The minimum Gasteiger partial charge on any atom is -0.479 e. The van der Waals surface area contributed by atoms with Gasteiger partial charge in [0.15, 0.2) is 6.10 Å². The fraction of sp³-hybridized carbons (Fsp3) is 0.235. The summed E-state index contributed by atoms with van der Waals surface area (Å²) < 4.78 is 5.48. The van der Waals surface area contributed by atoms with E-state index in [2.05, 4.69) is 15.6 Å². The second kappa shape index (κ2) is 6.48. The summed E-state index contributed by atoms with van der Waals surface area (Å²) >= 11 is 0. The molecule has 2 N–H and O–H groups in total. The fourth-order valence-corrected chi connectivity index (χ4v) is 2.31.